The number of nitrogens with two attached hydrogens (primary N) is 1. The summed E-state index contributed by atoms with van der Waals surface area (Å²) in [4.78, 5) is 0. The molecular weight excluding hydrogens is 112 g/mol. The van der Waals surface area contributed by atoms with E-state index in [0.717, 1.165) is 6.42 Å². The van der Waals surface area contributed by atoms with Crippen LogP contribution in [0.15, 0.2) is 11.8 Å². The van der Waals surface area contributed by atoms with Gasteiger partial charge in [-0.1, -0.05) is 13.8 Å². The molecule has 0 aliphatic carbocycles. The van der Waals surface area contributed by atoms with Crippen LogP contribution in [0.1, 0.15) is 20.3 Å². The average molecular weight is 124 g/mol. The summed E-state index contributed by atoms with van der Waals surface area (Å²) in [5.41, 5.74) is 6.10. The van der Waals surface area contributed by atoms with Crippen LogP contribution in [0, 0.1) is 17.2 Å². The molecule has 0 rings (SSSR count). The maximum atomic E-state index is 8.14. The summed E-state index contributed by atoms with van der Waals surface area (Å²) in [5.74, 6) is 0.537. The van der Waals surface area contributed by atoms with Crippen LogP contribution in [0.5, 0.6) is 0 Å². The molecule has 0 atom stereocenters. The maximum Gasteiger partial charge on any atom is 0.0930 e. The molecule has 0 aromatic heterocycles. The molecule has 2 N–H and O–H groups in total. The maximum absolute atomic E-state index is 8.14. The Kier molecular flexibility index (Phi) is 3.54. The lowest BCUT2D eigenvalue weighted by Gasteiger charge is -2.01. The van der Waals surface area contributed by atoms with Gasteiger partial charge in [-0.05, 0) is 12.3 Å². The fraction of sp³-hybridized carbons (Fsp3) is 0.571. The highest BCUT2D eigenvalue weighted by Crippen LogP contribution is 2.03. The molecule has 0 saturated heterocycles. The van der Waals surface area contributed by atoms with Crippen molar-refractivity contribution in [3.63, 3.8) is 0 Å². The Balaban J connectivity index is 3.66. The summed E-state index contributed by atoms with van der Waals surface area (Å²) < 4.78 is 0. The highest BCUT2D eigenvalue weighted by Gasteiger charge is 1.94. The van der Waals surface area contributed by atoms with Gasteiger partial charge in [0.05, 0.1) is 6.07 Å². The summed E-state index contributed by atoms with van der Waals surface area (Å²) in [6.07, 6.45) is 2.20. The zero-order valence-electron chi connectivity index (χ0n) is 5.89. The Morgan fingerprint density at radius 1 is 1.78 bits per heavy atom. The van der Waals surface area contributed by atoms with E-state index in [0.29, 0.717) is 11.6 Å². The fourth-order valence-corrected chi connectivity index (χ4v) is 0.613. The number of nitriles is 1. The molecule has 0 saturated carbocycles. The lowest BCUT2D eigenvalue weighted by Crippen LogP contribution is -2.00. The van der Waals surface area contributed by atoms with Crippen molar-refractivity contribution in [3.05, 3.63) is 11.8 Å². The van der Waals surface area contributed by atoms with Crippen molar-refractivity contribution >= 4 is 0 Å². The molecule has 0 aliphatic rings. The summed E-state index contributed by atoms with van der Waals surface area (Å²) in [6, 6.07) is 1.89. The van der Waals surface area contributed by atoms with Gasteiger partial charge in [0.2, 0.25) is 0 Å². The summed E-state index contributed by atoms with van der Waals surface area (Å²) in [6.45, 7) is 4.14. The first-order chi connectivity index (χ1) is 4.16. The summed E-state index contributed by atoms with van der Waals surface area (Å²) in [7, 11) is 0. The van der Waals surface area contributed by atoms with E-state index in [1.54, 1.807) is 0 Å². The average Bonchev–Trinajstić information content (AvgIpc) is 1.63. The van der Waals surface area contributed by atoms with Crippen LogP contribution < -0.4 is 5.73 Å². The first kappa shape index (κ1) is 8.03. The standard InChI is InChI=1S/C7H12N2/c1-6(2)5-7(9)3-4-8/h3,6H,5,9H2,1-2H3/b7-3-. The van der Waals surface area contributed by atoms with Gasteiger partial charge in [0.1, 0.15) is 0 Å². The largest absolute Gasteiger partial charge is 0.401 e. The molecule has 0 bridgehead atoms. The summed E-state index contributed by atoms with van der Waals surface area (Å²) >= 11 is 0. The number of allylic oxidation sites excluding steroid dienone is 2. The molecule has 0 aromatic rings. The number of rotatable bonds is 2. The van der Waals surface area contributed by atoms with Crippen molar-refractivity contribution in [1.82, 2.24) is 0 Å². The molecule has 2 heteroatoms. The molecule has 0 unspecified atom stereocenters. The van der Waals surface area contributed by atoms with Crippen LogP contribution in [0.3, 0.4) is 0 Å². The second-order valence-corrected chi connectivity index (χ2v) is 2.45. The normalized spacial score (nSPS) is 11.6. The van der Waals surface area contributed by atoms with Gasteiger partial charge in [-0.25, -0.2) is 0 Å². The Hall–Kier alpha value is -0.970. The zero-order valence-corrected chi connectivity index (χ0v) is 5.89. The molecule has 0 radical (unpaired) electrons. The van der Waals surface area contributed by atoms with Crippen molar-refractivity contribution in [2.45, 2.75) is 20.3 Å². The second-order valence-electron chi connectivity index (χ2n) is 2.45. The van der Waals surface area contributed by atoms with E-state index in [1.165, 1.54) is 6.08 Å². The number of hydrogen-bond acceptors (Lipinski definition) is 2. The SMILES string of the molecule is CC(C)C/C(N)=C/C#N. The Morgan fingerprint density at radius 3 is 2.67 bits per heavy atom. The predicted molar refractivity (Wildman–Crippen MR) is 37.3 cm³/mol. The minimum Gasteiger partial charge on any atom is -0.401 e. The smallest absolute Gasteiger partial charge is 0.0930 e. The highest BCUT2D eigenvalue weighted by atomic mass is 14.6. The van der Waals surface area contributed by atoms with Gasteiger partial charge in [-0.2, -0.15) is 5.26 Å². The monoisotopic (exact) mass is 124 g/mol. The van der Waals surface area contributed by atoms with Crippen molar-refractivity contribution in [2.75, 3.05) is 0 Å². The van der Waals surface area contributed by atoms with Crippen LogP contribution in [-0.4, -0.2) is 0 Å². The van der Waals surface area contributed by atoms with Gasteiger partial charge in [-0.3, -0.25) is 0 Å². The molecule has 0 heterocycles. The van der Waals surface area contributed by atoms with Crippen LogP contribution >= 0.6 is 0 Å². The van der Waals surface area contributed by atoms with Crippen molar-refractivity contribution in [2.24, 2.45) is 11.7 Å². The van der Waals surface area contributed by atoms with Crippen LogP contribution in [0.25, 0.3) is 0 Å². The van der Waals surface area contributed by atoms with Crippen LogP contribution in [0.4, 0.5) is 0 Å². The predicted octanol–water partition coefficient (Wildman–Crippen LogP) is 1.40. The van der Waals surface area contributed by atoms with Gasteiger partial charge < -0.3 is 5.73 Å². The molecule has 0 aromatic carbocycles. The van der Waals surface area contributed by atoms with E-state index >= 15 is 0 Å². The third kappa shape index (κ3) is 4.89. The van der Waals surface area contributed by atoms with Gasteiger partial charge in [-0.15, -0.1) is 0 Å². The van der Waals surface area contributed by atoms with E-state index in [-0.39, 0.29) is 0 Å². The topological polar surface area (TPSA) is 49.8 Å². The molecular formula is C7H12N2. The third-order valence-corrected chi connectivity index (χ3v) is 0.894. The van der Waals surface area contributed by atoms with E-state index in [9.17, 15) is 0 Å². The van der Waals surface area contributed by atoms with Gasteiger partial charge in [0.25, 0.3) is 0 Å². The zero-order chi connectivity index (χ0) is 7.28. The lowest BCUT2D eigenvalue weighted by molar-refractivity contribution is 0.638. The molecule has 0 aliphatic heterocycles. The minimum absolute atomic E-state index is 0.537. The molecule has 0 amide bonds. The van der Waals surface area contributed by atoms with Crippen LogP contribution in [0.2, 0.25) is 0 Å². The summed E-state index contributed by atoms with van der Waals surface area (Å²) in [5, 5.41) is 8.14. The minimum atomic E-state index is 0.537. The van der Waals surface area contributed by atoms with Crippen molar-refractivity contribution in [1.29, 1.82) is 5.26 Å². The van der Waals surface area contributed by atoms with E-state index < -0.39 is 0 Å². The Bertz CT molecular complexity index is 139. The van der Waals surface area contributed by atoms with Gasteiger partial charge in [0.15, 0.2) is 0 Å². The number of hydrogen-bond donors (Lipinski definition) is 1. The first-order valence-corrected chi connectivity index (χ1v) is 3.01. The van der Waals surface area contributed by atoms with Gasteiger partial charge >= 0.3 is 0 Å². The second kappa shape index (κ2) is 3.96. The van der Waals surface area contributed by atoms with E-state index in [4.69, 9.17) is 11.0 Å². The van der Waals surface area contributed by atoms with E-state index in [1.807, 2.05) is 6.07 Å². The number of nitrogens with zero attached hydrogens (tertiary/aromatic N) is 1. The molecule has 50 valence electrons. The highest BCUT2D eigenvalue weighted by molar-refractivity contribution is 5.10. The van der Waals surface area contributed by atoms with Crippen LogP contribution in [-0.2, 0) is 0 Å². The molecule has 0 spiro atoms. The third-order valence-electron chi connectivity index (χ3n) is 0.894. The molecule has 9 heavy (non-hydrogen) atoms. The van der Waals surface area contributed by atoms with Crippen molar-refractivity contribution in [3.8, 4) is 6.07 Å². The van der Waals surface area contributed by atoms with Crippen molar-refractivity contribution < 1.29 is 0 Å². The fourth-order valence-electron chi connectivity index (χ4n) is 0.613. The molecule has 0 fully saturated rings. The molecule has 2 nitrogen and oxygen atoms in total. The Labute approximate surface area is 56.0 Å². The van der Waals surface area contributed by atoms with E-state index in [2.05, 4.69) is 13.8 Å². The first-order valence-electron chi connectivity index (χ1n) is 3.01. The Morgan fingerprint density at radius 2 is 2.33 bits per heavy atom. The quantitative estimate of drug-likeness (QED) is 0.565. The van der Waals surface area contributed by atoms with Gasteiger partial charge in [0, 0.05) is 11.8 Å². The lowest BCUT2D eigenvalue weighted by atomic mass is 10.1.